The van der Waals surface area contributed by atoms with Crippen molar-refractivity contribution in [2.45, 2.75) is 6.61 Å². The molecule has 1 aliphatic rings. The lowest BCUT2D eigenvalue weighted by Crippen LogP contribution is -2.00. The Morgan fingerprint density at radius 2 is 1.81 bits per heavy atom. The van der Waals surface area contributed by atoms with E-state index in [9.17, 15) is 4.79 Å². The maximum atomic E-state index is 11.1. The summed E-state index contributed by atoms with van der Waals surface area (Å²) in [7, 11) is 0. The molecule has 0 aromatic heterocycles. The largest absolute Gasteiger partial charge is 0.488 e. The predicted octanol–water partition coefficient (Wildman–Crippen LogP) is 4.11. The zero-order valence-electron chi connectivity index (χ0n) is 10.8. The molecule has 0 N–H and O–H groups in total. The summed E-state index contributed by atoms with van der Waals surface area (Å²) < 4.78 is 16.2. The molecule has 0 saturated carbocycles. The maximum absolute atomic E-state index is 11.1. The number of carbonyl (C=O) groups excluding carboxylic acids is 1. The number of hydrogen-bond acceptors (Lipinski definition) is 4. The number of halogens is 2. The molecule has 108 valence electrons. The van der Waals surface area contributed by atoms with Crippen LogP contribution in [0.5, 0.6) is 17.2 Å². The van der Waals surface area contributed by atoms with Gasteiger partial charge in [0.15, 0.2) is 17.8 Å². The van der Waals surface area contributed by atoms with E-state index in [1.165, 1.54) is 0 Å². The second-order valence-electron chi connectivity index (χ2n) is 4.35. The third kappa shape index (κ3) is 2.77. The van der Waals surface area contributed by atoms with E-state index >= 15 is 0 Å². The first kappa shape index (κ1) is 14.0. The molecule has 0 fully saturated rings. The van der Waals surface area contributed by atoms with Crippen LogP contribution in [0.1, 0.15) is 15.9 Å². The van der Waals surface area contributed by atoms with E-state index in [4.69, 9.17) is 37.4 Å². The van der Waals surface area contributed by atoms with Gasteiger partial charge in [-0.1, -0.05) is 29.3 Å². The second kappa shape index (κ2) is 5.84. The lowest BCUT2D eigenvalue weighted by molar-refractivity contribution is 0.111. The van der Waals surface area contributed by atoms with Crippen LogP contribution in [0.2, 0.25) is 10.0 Å². The number of carbonyl (C=O) groups is 1. The summed E-state index contributed by atoms with van der Waals surface area (Å²) in [6, 6.07) is 8.42. The summed E-state index contributed by atoms with van der Waals surface area (Å²) in [5.41, 5.74) is 1.04. The molecule has 2 aromatic rings. The Hall–Kier alpha value is -1.91. The zero-order chi connectivity index (χ0) is 14.8. The van der Waals surface area contributed by atoms with Crippen molar-refractivity contribution in [3.8, 4) is 17.2 Å². The van der Waals surface area contributed by atoms with E-state index in [2.05, 4.69) is 0 Å². The lowest BCUT2D eigenvalue weighted by Gasteiger charge is -2.11. The molecular formula is C15H10Cl2O4. The van der Waals surface area contributed by atoms with Crippen molar-refractivity contribution in [1.82, 2.24) is 0 Å². The van der Waals surface area contributed by atoms with Gasteiger partial charge in [0.2, 0.25) is 6.79 Å². The van der Waals surface area contributed by atoms with Gasteiger partial charge in [-0.25, -0.2) is 0 Å². The molecule has 0 unspecified atom stereocenters. The fraction of sp³-hybridized carbons (Fsp3) is 0.133. The van der Waals surface area contributed by atoms with Crippen molar-refractivity contribution < 1.29 is 19.0 Å². The van der Waals surface area contributed by atoms with Gasteiger partial charge in [0.25, 0.3) is 0 Å². The standard InChI is InChI=1S/C15H10Cl2O4/c16-11-2-1-3-12(17)10(11)7-19-13-5-15-14(20-8-21-15)4-9(13)6-18/h1-6H,7-8H2. The van der Waals surface area contributed by atoms with Crippen LogP contribution in [0.15, 0.2) is 30.3 Å². The maximum Gasteiger partial charge on any atom is 0.231 e. The molecule has 6 heteroatoms. The van der Waals surface area contributed by atoms with Gasteiger partial charge in [-0.15, -0.1) is 0 Å². The average Bonchev–Trinajstić information content (AvgIpc) is 2.93. The Labute approximate surface area is 131 Å². The monoisotopic (exact) mass is 324 g/mol. The van der Waals surface area contributed by atoms with Crippen LogP contribution in [0, 0.1) is 0 Å². The quantitative estimate of drug-likeness (QED) is 0.794. The van der Waals surface area contributed by atoms with Gasteiger partial charge in [0, 0.05) is 21.7 Å². The third-order valence-corrected chi connectivity index (χ3v) is 3.77. The van der Waals surface area contributed by atoms with Crippen LogP contribution in [-0.2, 0) is 6.61 Å². The Morgan fingerprint density at radius 1 is 1.14 bits per heavy atom. The minimum absolute atomic E-state index is 0.132. The fourth-order valence-electron chi connectivity index (χ4n) is 1.98. The highest BCUT2D eigenvalue weighted by molar-refractivity contribution is 6.35. The van der Waals surface area contributed by atoms with Crippen LogP contribution in [0.4, 0.5) is 0 Å². The summed E-state index contributed by atoms with van der Waals surface area (Å²) in [5.74, 6) is 1.46. The van der Waals surface area contributed by atoms with Crippen molar-refractivity contribution in [2.75, 3.05) is 6.79 Å². The highest BCUT2D eigenvalue weighted by Gasteiger charge is 2.18. The van der Waals surface area contributed by atoms with Gasteiger partial charge in [0.1, 0.15) is 12.4 Å². The minimum Gasteiger partial charge on any atom is -0.488 e. The van der Waals surface area contributed by atoms with Crippen LogP contribution in [0.25, 0.3) is 0 Å². The molecule has 0 saturated heterocycles. The van der Waals surface area contributed by atoms with Crippen molar-refractivity contribution in [3.05, 3.63) is 51.5 Å². The van der Waals surface area contributed by atoms with E-state index in [0.29, 0.717) is 44.7 Å². The van der Waals surface area contributed by atoms with Crippen molar-refractivity contribution in [3.63, 3.8) is 0 Å². The molecule has 2 aromatic carbocycles. The molecule has 3 rings (SSSR count). The molecule has 0 aliphatic carbocycles. The van der Waals surface area contributed by atoms with Crippen molar-refractivity contribution in [2.24, 2.45) is 0 Å². The molecule has 0 atom stereocenters. The SMILES string of the molecule is O=Cc1cc2c(cc1OCc1c(Cl)cccc1Cl)OCO2. The number of aldehydes is 1. The molecule has 0 amide bonds. The first-order chi connectivity index (χ1) is 10.2. The van der Waals surface area contributed by atoms with Crippen molar-refractivity contribution in [1.29, 1.82) is 0 Å². The molecular weight excluding hydrogens is 315 g/mol. The first-order valence-corrected chi connectivity index (χ1v) is 6.89. The third-order valence-electron chi connectivity index (χ3n) is 3.07. The molecule has 21 heavy (non-hydrogen) atoms. The van der Waals surface area contributed by atoms with E-state index in [-0.39, 0.29) is 13.4 Å². The van der Waals surface area contributed by atoms with Crippen LogP contribution in [0.3, 0.4) is 0 Å². The van der Waals surface area contributed by atoms with Crippen molar-refractivity contribution >= 4 is 29.5 Å². The number of rotatable bonds is 4. The molecule has 0 bridgehead atoms. The summed E-state index contributed by atoms with van der Waals surface area (Å²) >= 11 is 12.2. The Morgan fingerprint density at radius 3 is 2.48 bits per heavy atom. The molecule has 4 nitrogen and oxygen atoms in total. The van der Waals surface area contributed by atoms with Gasteiger partial charge in [-0.05, 0) is 18.2 Å². The number of hydrogen-bond donors (Lipinski definition) is 0. The number of fused-ring (bicyclic) bond motifs is 1. The minimum atomic E-state index is 0.132. The zero-order valence-corrected chi connectivity index (χ0v) is 12.3. The van der Waals surface area contributed by atoms with Gasteiger partial charge in [0.05, 0.1) is 5.56 Å². The normalized spacial score (nSPS) is 12.3. The van der Waals surface area contributed by atoms with E-state index < -0.39 is 0 Å². The van der Waals surface area contributed by atoms with Gasteiger partial charge in [-0.3, -0.25) is 4.79 Å². The predicted molar refractivity (Wildman–Crippen MR) is 78.7 cm³/mol. The second-order valence-corrected chi connectivity index (χ2v) is 5.16. The molecule has 1 heterocycles. The van der Waals surface area contributed by atoms with Crippen LogP contribution in [-0.4, -0.2) is 13.1 Å². The Bertz CT molecular complexity index is 680. The fourth-order valence-corrected chi connectivity index (χ4v) is 2.48. The highest BCUT2D eigenvalue weighted by Crippen LogP contribution is 2.38. The Kier molecular flexibility index (Phi) is 3.90. The molecule has 0 spiro atoms. The number of ether oxygens (including phenoxy) is 3. The summed E-state index contributed by atoms with van der Waals surface area (Å²) in [6.07, 6.45) is 0.700. The smallest absolute Gasteiger partial charge is 0.231 e. The van der Waals surface area contributed by atoms with Gasteiger partial charge in [-0.2, -0.15) is 0 Å². The van der Waals surface area contributed by atoms with Gasteiger partial charge >= 0.3 is 0 Å². The van der Waals surface area contributed by atoms with E-state index in [1.807, 2.05) is 0 Å². The summed E-state index contributed by atoms with van der Waals surface area (Å²) in [6.45, 7) is 0.284. The lowest BCUT2D eigenvalue weighted by atomic mass is 10.2. The molecule has 1 aliphatic heterocycles. The van der Waals surface area contributed by atoms with Crippen LogP contribution >= 0.6 is 23.2 Å². The van der Waals surface area contributed by atoms with Crippen LogP contribution < -0.4 is 14.2 Å². The Balaban J connectivity index is 1.87. The van der Waals surface area contributed by atoms with E-state index in [1.54, 1.807) is 30.3 Å². The number of benzene rings is 2. The topological polar surface area (TPSA) is 44.8 Å². The van der Waals surface area contributed by atoms with E-state index in [0.717, 1.165) is 0 Å². The first-order valence-electron chi connectivity index (χ1n) is 6.13. The summed E-state index contributed by atoms with van der Waals surface area (Å²) in [5, 5.41) is 1.02. The van der Waals surface area contributed by atoms with Gasteiger partial charge < -0.3 is 14.2 Å². The average molecular weight is 325 g/mol. The molecule has 0 radical (unpaired) electrons. The summed E-state index contributed by atoms with van der Waals surface area (Å²) in [4.78, 5) is 11.1. The highest BCUT2D eigenvalue weighted by atomic mass is 35.5.